The first kappa shape index (κ1) is 16.2. The lowest BCUT2D eigenvalue weighted by Gasteiger charge is -2.19. The van der Waals surface area contributed by atoms with Crippen molar-refractivity contribution in [3.63, 3.8) is 0 Å². The predicted octanol–water partition coefficient (Wildman–Crippen LogP) is 3.59. The molecule has 0 heterocycles. The Bertz CT molecular complexity index is 468. The molecule has 20 heavy (non-hydrogen) atoms. The number of carbonyl (C=O) groups excluding carboxylic acids is 2. The van der Waals surface area contributed by atoms with E-state index < -0.39 is 11.6 Å². The van der Waals surface area contributed by atoms with Gasteiger partial charge in [0.2, 0.25) is 0 Å². The molecule has 1 aromatic carbocycles. The van der Waals surface area contributed by atoms with Crippen LogP contribution in [0.1, 0.15) is 51.4 Å². The first-order chi connectivity index (χ1) is 9.23. The minimum atomic E-state index is -0.529. The molecule has 0 N–H and O–H groups in total. The maximum Gasteiger partial charge on any atom is 0.338 e. The zero-order chi connectivity index (χ0) is 15.3. The predicted molar refractivity (Wildman–Crippen MR) is 76.7 cm³/mol. The summed E-state index contributed by atoms with van der Waals surface area (Å²) in [5.41, 5.74) is -0.0954. The van der Waals surface area contributed by atoms with Gasteiger partial charge in [-0.2, -0.15) is 0 Å². The zero-order valence-electron chi connectivity index (χ0n) is 12.7. The van der Waals surface area contributed by atoms with Crippen molar-refractivity contribution < 1.29 is 19.1 Å². The zero-order valence-corrected chi connectivity index (χ0v) is 12.7. The van der Waals surface area contributed by atoms with E-state index in [9.17, 15) is 9.59 Å². The molecule has 0 fully saturated rings. The Balaban J connectivity index is 2.69. The Morgan fingerprint density at radius 3 is 2.15 bits per heavy atom. The Kier molecular flexibility index (Phi) is 5.31. The molecule has 4 nitrogen and oxygen atoms in total. The van der Waals surface area contributed by atoms with E-state index >= 15 is 0 Å². The molecular weight excluding hydrogens is 256 g/mol. The summed E-state index contributed by atoms with van der Waals surface area (Å²) in [6, 6.07) is 6.37. The number of ether oxygens (including phenoxy) is 2. The van der Waals surface area contributed by atoms with Crippen molar-refractivity contribution >= 4 is 11.9 Å². The van der Waals surface area contributed by atoms with Gasteiger partial charge in [0.25, 0.3) is 0 Å². The topological polar surface area (TPSA) is 52.6 Å². The Morgan fingerprint density at radius 2 is 1.70 bits per heavy atom. The van der Waals surface area contributed by atoms with Crippen molar-refractivity contribution in [3.8, 4) is 5.75 Å². The van der Waals surface area contributed by atoms with Crippen molar-refractivity contribution in [2.45, 2.75) is 46.6 Å². The molecule has 0 bridgehead atoms. The van der Waals surface area contributed by atoms with Crippen LogP contribution in [-0.4, -0.2) is 17.5 Å². The second kappa shape index (κ2) is 6.55. The molecule has 4 heteroatoms. The van der Waals surface area contributed by atoms with Crippen LogP contribution in [0.4, 0.5) is 0 Å². The first-order valence-corrected chi connectivity index (χ1v) is 6.78. The van der Waals surface area contributed by atoms with E-state index in [0.29, 0.717) is 11.3 Å². The number of carbonyl (C=O) groups is 2. The average Bonchev–Trinajstić information content (AvgIpc) is 2.36. The van der Waals surface area contributed by atoms with E-state index in [2.05, 4.69) is 0 Å². The van der Waals surface area contributed by atoms with Gasteiger partial charge in [-0.25, -0.2) is 4.79 Å². The highest BCUT2D eigenvalue weighted by molar-refractivity contribution is 5.89. The second-order valence-corrected chi connectivity index (χ2v) is 5.76. The molecule has 0 aliphatic rings. The van der Waals surface area contributed by atoms with Gasteiger partial charge < -0.3 is 9.47 Å². The lowest BCUT2D eigenvalue weighted by Crippen LogP contribution is -2.23. The van der Waals surface area contributed by atoms with Crippen LogP contribution in [0, 0.1) is 5.92 Å². The van der Waals surface area contributed by atoms with E-state index in [1.807, 2.05) is 34.6 Å². The van der Waals surface area contributed by atoms with Crippen LogP contribution in [0.5, 0.6) is 5.75 Å². The van der Waals surface area contributed by atoms with Gasteiger partial charge in [-0.05, 0) is 51.5 Å². The van der Waals surface area contributed by atoms with E-state index in [-0.39, 0.29) is 11.9 Å². The molecule has 0 aliphatic heterocycles. The fourth-order valence-corrected chi connectivity index (χ4v) is 1.38. The van der Waals surface area contributed by atoms with Crippen LogP contribution in [-0.2, 0) is 9.53 Å². The van der Waals surface area contributed by atoms with Crippen LogP contribution in [0.2, 0.25) is 0 Å². The third-order valence-electron chi connectivity index (χ3n) is 2.72. The summed E-state index contributed by atoms with van der Waals surface area (Å²) >= 11 is 0. The van der Waals surface area contributed by atoms with Gasteiger partial charge in [-0.15, -0.1) is 0 Å². The largest absolute Gasteiger partial charge is 0.456 e. The first-order valence-electron chi connectivity index (χ1n) is 6.78. The highest BCUT2D eigenvalue weighted by Gasteiger charge is 2.18. The average molecular weight is 278 g/mol. The van der Waals surface area contributed by atoms with E-state index in [0.717, 1.165) is 6.42 Å². The molecular formula is C16H22O4. The van der Waals surface area contributed by atoms with Crippen LogP contribution < -0.4 is 4.74 Å². The molecule has 1 atom stereocenters. The summed E-state index contributed by atoms with van der Waals surface area (Å²) in [5, 5.41) is 0. The lowest BCUT2D eigenvalue weighted by molar-refractivity contribution is -0.138. The summed E-state index contributed by atoms with van der Waals surface area (Å²) in [6.07, 6.45) is 0.731. The monoisotopic (exact) mass is 278 g/mol. The van der Waals surface area contributed by atoms with Gasteiger partial charge in [-0.3, -0.25) is 4.79 Å². The molecule has 0 aromatic heterocycles. The number of esters is 2. The van der Waals surface area contributed by atoms with Crippen molar-refractivity contribution in [1.82, 2.24) is 0 Å². The highest BCUT2D eigenvalue weighted by Crippen LogP contribution is 2.17. The van der Waals surface area contributed by atoms with Crippen molar-refractivity contribution in [3.05, 3.63) is 29.8 Å². The van der Waals surface area contributed by atoms with E-state index in [4.69, 9.17) is 9.47 Å². The second-order valence-electron chi connectivity index (χ2n) is 5.76. The quantitative estimate of drug-likeness (QED) is 0.624. The minimum absolute atomic E-state index is 0.138. The van der Waals surface area contributed by atoms with Gasteiger partial charge >= 0.3 is 11.9 Å². The number of benzene rings is 1. The van der Waals surface area contributed by atoms with Gasteiger partial charge in [0, 0.05) is 0 Å². The van der Waals surface area contributed by atoms with Crippen LogP contribution in [0.15, 0.2) is 24.3 Å². The van der Waals surface area contributed by atoms with Crippen molar-refractivity contribution in [2.24, 2.45) is 5.92 Å². The molecule has 0 saturated heterocycles. The molecule has 110 valence electrons. The summed E-state index contributed by atoms with van der Waals surface area (Å²) in [5.74, 6) is -0.363. The Hall–Kier alpha value is -1.84. The molecule has 0 saturated carbocycles. The SMILES string of the molecule is CCC(C)C(=O)Oc1ccc(C(=O)OC(C)(C)C)cc1. The maximum atomic E-state index is 11.8. The molecule has 0 spiro atoms. The highest BCUT2D eigenvalue weighted by atomic mass is 16.6. The third-order valence-corrected chi connectivity index (χ3v) is 2.72. The summed E-state index contributed by atoms with van der Waals surface area (Å²) in [7, 11) is 0. The van der Waals surface area contributed by atoms with Crippen LogP contribution in [0.25, 0.3) is 0 Å². The minimum Gasteiger partial charge on any atom is -0.456 e. The fraction of sp³-hybridized carbons (Fsp3) is 0.500. The smallest absolute Gasteiger partial charge is 0.338 e. The standard InChI is InChI=1S/C16H22O4/c1-6-11(2)14(17)19-13-9-7-12(8-10-13)15(18)20-16(3,4)5/h7-11H,6H2,1-5H3. The normalized spacial score (nSPS) is 12.7. The Morgan fingerprint density at radius 1 is 1.15 bits per heavy atom. The van der Waals surface area contributed by atoms with Gasteiger partial charge in [0.15, 0.2) is 0 Å². The number of hydrogen-bond acceptors (Lipinski definition) is 4. The Labute approximate surface area is 120 Å². The van der Waals surface area contributed by atoms with Gasteiger partial charge in [0.1, 0.15) is 11.4 Å². The molecule has 0 radical (unpaired) electrons. The fourth-order valence-electron chi connectivity index (χ4n) is 1.38. The lowest BCUT2D eigenvalue weighted by atomic mass is 10.1. The number of rotatable bonds is 4. The summed E-state index contributed by atoms with van der Waals surface area (Å²) in [4.78, 5) is 23.5. The number of hydrogen-bond donors (Lipinski definition) is 0. The molecule has 1 rings (SSSR count). The van der Waals surface area contributed by atoms with Gasteiger partial charge in [0.05, 0.1) is 11.5 Å². The third kappa shape index (κ3) is 5.03. The summed E-state index contributed by atoms with van der Waals surface area (Å²) in [6.45, 7) is 9.18. The molecule has 1 unspecified atom stereocenters. The van der Waals surface area contributed by atoms with Crippen LogP contribution in [0.3, 0.4) is 0 Å². The van der Waals surface area contributed by atoms with Gasteiger partial charge in [-0.1, -0.05) is 13.8 Å². The molecule has 0 amide bonds. The van der Waals surface area contributed by atoms with Crippen molar-refractivity contribution in [2.75, 3.05) is 0 Å². The van der Waals surface area contributed by atoms with Crippen molar-refractivity contribution in [1.29, 1.82) is 0 Å². The van der Waals surface area contributed by atoms with E-state index in [1.54, 1.807) is 24.3 Å². The molecule has 1 aromatic rings. The van der Waals surface area contributed by atoms with Crippen LogP contribution >= 0.6 is 0 Å². The molecule has 0 aliphatic carbocycles. The van der Waals surface area contributed by atoms with E-state index in [1.165, 1.54) is 0 Å². The maximum absolute atomic E-state index is 11.8. The summed E-state index contributed by atoms with van der Waals surface area (Å²) < 4.78 is 10.5.